The molecule has 106 valence electrons. The van der Waals surface area contributed by atoms with Crippen molar-refractivity contribution in [2.24, 2.45) is 11.7 Å². The van der Waals surface area contributed by atoms with Crippen molar-refractivity contribution >= 4 is 22.5 Å². The number of aromatic nitrogens is 1. The summed E-state index contributed by atoms with van der Waals surface area (Å²) in [6.07, 6.45) is 3.02. The predicted octanol–water partition coefficient (Wildman–Crippen LogP) is 3.06. The zero-order valence-electron chi connectivity index (χ0n) is 11.7. The van der Waals surface area contributed by atoms with Crippen LogP contribution in [0.1, 0.15) is 18.9 Å². The lowest BCUT2D eigenvalue weighted by atomic mass is 10.1. The normalized spacial score (nSPS) is 23.6. The van der Waals surface area contributed by atoms with E-state index in [1.54, 1.807) is 0 Å². The molecule has 2 atom stereocenters. The van der Waals surface area contributed by atoms with Gasteiger partial charge in [-0.15, -0.1) is 0 Å². The maximum atomic E-state index is 6.25. The molecular weight excluding hydrogens is 270 g/mol. The number of pyridine rings is 1. The average Bonchev–Trinajstić information content (AvgIpc) is 2.83. The van der Waals surface area contributed by atoms with Crippen LogP contribution < -0.4 is 5.73 Å². The van der Waals surface area contributed by atoms with E-state index in [0.29, 0.717) is 12.0 Å². The molecular formula is C16H20ClN3. The molecule has 2 N–H and O–H groups in total. The van der Waals surface area contributed by atoms with Crippen molar-refractivity contribution in [3.63, 3.8) is 0 Å². The van der Waals surface area contributed by atoms with Crippen molar-refractivity contribution in [2.45, 2.75) is 25.9 Å². The van der Waals surface area contributed by atoms with Crippen LogP contribution in [0.2, 0.25) is 5.02 Å². The van der Waals surface area contributed by atoms with Crippen LogP contribution in [-0.4, -0.2) is 29.0 Å². The summed E-state index contributed by atoms with van der Waals surface area (Å²) in [5, 5.41) is 1.81. The number of likely N-dealkylation sites (tertiary alicyclic amines) is 1. The summed E-state index contributed by atoms with van der Waals surface area (Å²) in [6, 6.07) is 8.62. The molecule has 2 aromatic rings. The number of fused-ring (bicyclic) bond motifs is 1. The van der Waals surface area contributed by atoms with Crippen molar-refractivity contribution in [1.82, 2.24) is 9.88 Å². The summed E-state index contributed by atoms with van der Waals surface area (Å²) in [6.45, 7) is 5.05. The quantitative estimate of drug-likeness (QED) is 0.944. The van der Waals surface area contributed by atoms with Crippen molar-refractivity contribution in [3.05, 3.63) is 41.0 Å². The van der Waals surface area contributed by atoms with Crippen molar-refractivity contribution in [3.8, 4) is 0 Å². The van der Waals surface area contributed by atoms with Crippen molar-refractivity contribution in [2.75, 3.05) is 13.1 Å². The lowest BCUT2D eigenvalue weighted by Gasteiger charge is -2.21. The molecule has 0 amide bonds. The molecule has 0 bridgehead atoms. The highest BCUT2D eigenvalue weighted by Gasteiger charge is 2.28. The molecule has 4 heteroatoms. The Kier molecular flexibility index (Phi) is 3.92. The van der Waals surface area contributed by atoms with E-state index < -0.39 is 0 Å². The monoisotopic (exact) mass is 289 g/mol. The largest absolute Gasteiger partial charge is 0.330 e. The summed E-state index contributed by atoms with van der Waals surface area (Å²) < 4.78 is 0. The van der Waals surface area contributed by atoms with Gasteiger partial charge in [-0.05, 0) is 49.6 Å². The number of nitrogens with zero attached hydrogens (tertiary/aromatic N) is 2. The fourth-order valence-electron chi connectivity index (χ4n) is 3.15. The highest BCUT2D eigenvalue weighted by Crippen LogP contribution is 2.29. The minimum Gasteiger partial charge on any atom is -0.330 e. The Labute approximate surface area is 124 Å². The number of hydrogen-bond acceptors (Lipinski definition) is 3. The predicted molar refractivity (Wildman–Crippen MR) is 83.8 cm³/mol. The van der Waals surface area contributed by atoms with Crippen LogP contribution in [0.15, 0.2) is 30.5 Å². The van der Waals surface area contributed by atoms with E-state index in [0.717, 1.165) is 35.6 Å². The van der Waals surface area contributed by atoms with Gasteiger partial charge in [-0.1, -0.05) is 17.7 Å². The molecule has 2 heterocycles. The van der Waals surface area contributed by atoms with E-state index in [4.69, 9.17) is 17.3 Å². The molecule has 0 radical (unpaired) electrons. The first-order valence-corrected chi connectivity index (χ1v) is 7.53. The van der Waals surface area contributed by atoms with E-state index in [1.807, 2.05) is 24.4 Å². The Morgan fingerprint density at radius 3 is 3.00 bits per heavy atom. The van der Waals surface area contributed by atoms with Gasteiger partial charge in [0.2, 0.25) is 0 Å². The fraction of sp³-hybridized carbons (Fsp3) is 0.438. The molecule has 20 heavy (non-hydrogen) atoms. The van der Waals surface area contributed by atoms with Crippen LogP contribution in [0.3, 0.4) is 0 Å². The molecule has 1 aromatic carbocycles. The maximum absolute atomic E-state index is 6.25. The van der Waals surface area contributed by atoms with Gasteiger partial charge in [0, 0.05) is 35.7 Å². The lowest BCUT2D eigenvalue weighted by Crippen LogP contribution is -2.27. The molecule has 1 fully saturated rings. The first kappa shape index (κ1) is 13.8. The summed E-state index contributed by atoms with van der Waals surface area (Å²) in [5.41, 5.74) is 8.07. The second kappa shape index (κ2) is 5.68. The third-order valence-electron chi connectivity index (χ3n) is 4.30. The number of benzene rings is 1. The van der Waals surface area contributed by atoms with E-state index in [9.17, 15) is 0 Å². The van der Waals surface area contributed by atoms with Crippen LogP contribution in [0, 0.1) is 5.92 Å². The van der Waals surface area contributed by atoms with Crippen LogP contribution in [0.25, 0.3) is 10.9 Å². The summed E-state index contributed by atoms with van der Waals surface area (Å²) in [5.74, 6) is 0.622. The van der Waals surface area contributed by atoms with Gasteiger partial charge < -0.3 is 5.73 Å². The molecule has 1 aliphatic rings. The topological polar surface area (TPSA) is 42.1 Å². The Hall–Kier alpha value is -1.16. The molecule has 3 rings (SSSR count). The van der Waals surface area contributed by atoms with Gasteiger partial charge in [0.25, 0.3) is 0 Å². The highest BCUT2D eigenvalue weighted by molar-refractivity contribution is 6.35. The van der Waals surface area contributed by atoms with Gasteiger partial charge in [-0.3, -0.25) is 9.88 Å². The Morgan fingerprint density at radius 2 is 2.25 bits per heavy atom. The molecule has 1 aliphatic heterocycles. The minimum atomic E-state index is 0.581. The van der Waals surface area contributed by atoms with Crippen LogP contribution in [0.5, 0.6) is 0 Å². The Bertz CT molecular complexity index is 614. The molecule has 0 aliphatic carbocycles. The summed E-state index contributed by atoms with van der Waals surface area (Å²) in [4.78, 5) is 7.01. The number of rotatable bonds is 3. The third-order valence-corrected chi connectivity index (χ3v) is 4.63. The molecule has 1 aromatic heterocycles. The van der Waals surface area contributed by atoms with Gasteiger partial charge in [0.1, 0.15) is 0 Å². The zero-order chi connectivity index (χ0) is 14.1. The lowest BCUT2D eigenvalue weighted by molar-refractivity contribution is 0.256. The van der Waals surface area contributed by atoms with E-state index in [2.05, 4.69) is 22.9 Å². The van der Waals surface area contributed by atoms with Gasteiger partial charge >= 0.3 is 0 Å². The highest BCUT2D eigenvalue weighted by atomic mass is 35.5. The molecule has 0 spiro atoms. The molecule has 0 saturated carbocycles. The van der Waals surface area contributed by atoms with Crippen molar-refractivity contribution < 1.29 is 0 Å². The van der Waals surface area contributed by atoms with Crippen LogP contribution in [0.4, 0.5) is 0 Å². The molecule has 1 saturated heterocycles. The standard InChI is InChI=1S/C16H20ClN3/c1-11-7-12(8-18)9-20(11)10-13-4-5-15(17)14-3-2-6-19-16(13)14/h2-6,11-12H,7-10,18H2,1H3. The van der Waals surface area contributed by atoms with E-state index in [-0.39, 0.29) is 0 Å². The minimum absolute atomic E-state index is 0.581. The van der Waals surface area contributed by atoms with Crippen LogP contribution >= 0.6 is 11.6 Å². The van der Waals surface area contributed by atoms with Crippen molar-refractivity contribution in [1.29, 1.82) is 0 Å². The van der Waals surface area contributed by atoms with Crippen LogP contribution in [-0.2, 0) is 6.54 Å². The number of halogens is 1. The van der Waals surface area contributed by atoms with Gasteiger partial charge in [0.05, 0.1) is 5.52 Å². The summed E-state index contributed by atoms with van der Waals surface area (Å²) >= 11 is 6.25. The molecule has 3 nitrogen and oxygen atoms in total. The SMILES string of the molecule is CC1CC(CN)CN1Cc1ccc(Cl)c2cccnc12. The Balaban J connectivity index is 1.90. The first-order chi connectivity index (χ1) is 9.69. The average molecular weight is 290 g/mol. The molecule has 2 unspecified atom stereocenters. The Morgan fingerprint density at radius 1 is 1.40 bits per heavy atom. The maximum Gasteiger partial charge on any atom is 0.0761 e. The summed E-state index contributed by atoms with van der Waals surface area (Å²) in [7, 11) is 0. The van der Waals surface area contributed by atoms with E-state index in [1.165, 1.54) is 12.0 Å². The van der Waals surface area contributed by atoms with E-state index >= 15 is 0 Å². The second-order valence-corrected chi connectivity index (χ2v) is 6.13. The second-order valence-electron chi connectivity index (χ2n) is 5.72. The number of nitrogens with two attached hydrogens (primary N) is 1. The third kappa shape index (κ3) is 2.53. The zero-order valence-corrected chi connectivity index (χ0v) is 12.5. The van der Waals surface area contributed by atoms with Gasteiger partial charge in [-0.2, -0.15) is 0 Å². The fourth-order valence-corrected chi connectivity index (χ4v) is 3.37. The van der Waals surface area contributed by atoms with Gasteiger partial charge in [0.15, 0.2) is 0 Å². The van der Waals surface area contributed by atoms with Gasteiger partial charge in [-0.25, -0.2) is 0 Å². The smallest absolute Gasteiger partial charge is 0.0761 e. The number of hydrogen-bond donors (Lipinski definition) is 1. The first-order valence-electron chi connectivity index (χ1n) is 7.15.